The van der Waals surface area contributed by atoms with Crippen LogP contribution in [0.3, 0.4) is 0 Å². The monoisotopic (exact) mass is 341 g/mol. The van der Waals surface area contributed by atoms with Crippen molar-refractivity contribution in [3.63, 3.8) is 0 Å². The molecule has 0 amide bonds. The number of aryl methyl sites for hydroxylation is 2. The van der Waals surface area contributed by atoms with Crippen molar-refractivity contribution in [2.75, 3.05) is 7.11 Å². The van der Waals surface area contributed by atoms with E-state index in [1.807, 2.05) is 24.3 Å². The van der Waals surface area contributed by atoms with E-state index in [1.54, 1.807) is 31.4 Å². The first-order chi connectivity index (χ1) is 11.7. The van der Waals surface area contributed by atoms with Crippen molar-refractivity contribution < 1.29 is 9.53 Å². The van der Waals surface area contributed by atoms with Crippen molar-refractivity contribution >= 4 is 17.4 Å². The number of halogens is 1. The molecule has 0 saturated heterocycles. The van der Waals surface area contributed by atoms with Gasteiger partial charge in [-0.15, -0.1) is 5.10 Å². The molecule has 0 N–H and O–H groups in total. The second kappa shape index (κ2) is 7.27. The Labute approximate surface area is 144 Å². The highest BCUT2D eigenvalue weighted by Gasteiger charge is 2.13. The number of hydrogen-bond acceptors (Lipinski definition) is 4. The summed E-state index contributed by atoms with van der Waals surface area (Å²) in [4.78, 5) is 13.9. The Hall–Kier alpha value is -2.66. The van der Waals surface area contributed by atoms with Gasteiger partial charge in [0.05, 0.1) is 19.9 Å². The minimum absolute atomic E-state index is 0.164. The largest absolute Gasteiger partial charge is 0.497 e. The minimum Gasteiger partial charge on any atom is -0.497 e. The van der Waals surface area contributed by atoms with Gasteiger partial charge in [-0.25, -0.2) is 0 Å². The van der Waals surface area contributed by atoms with Gasteiger partial charge >= 0.3 is 0 Å². The summed E-state index contributed by atoms with van der Waals surface area (Å²) in [7, 11) is 1.64. The Kier molecular flexibility index (Phi) is 4.91. The van der Waals surface area contributed by atoms with Crippen LogP contribution >= 0.6 is 11.6 Å². The molecule has 5 nitrogen and oxygen atoms in total. The molecule has 6 heteroatoms. The maximum Gasteiger partial charge on any atom is 0.214 e. The lowest BCUT2D eigenvalue weighted by atomic mass is 10.1. The third-order valence-corrected chi connectivity index (χ3v) is 3.89. The van der Waals surface area contributed by atoms with Crippen LogP contribution in [0.5, 0.6) is 5.75 Å². The summed E-state index contributed by atoms with van der Waals surface area (Å²) in [5.74, 6) is 0.661. The normalized spacial score (nSPS) is 10.6. The van der Waals surface area contributed by atoms with Crippen molar-refractivity contribution in [2.24, 2.45) is 0 Å². The molecule has 0 atom stereocenters. The molecule has 24 heavy (non-hydrogen) atoms. The van der Waals surface area contributed by atoms with Crippen LogP contribution in [-0.2, 0) is 13.0 Å². The van der Waals surface area contributed by atoms with Gasteiger partial charge in [0.25, 0.3) is 0 Å². The first-order valence-corrected chi connectivity index (χ1v) is 7.87. The van der Waals surface area contributed by atoms with Gasteiger partial charge in [0.1, 0.15) is 5.75 Å². The summed E-state index contributed by atoms with van der Waals surface area (Å²) >= 11 is 5.83. The summed E-state index contributed by atoms with van der Waals surface area (Å²) < 4.78 is 5.14. The first kappa shape index (κ1) is 16.2. The van der Waals surface area contributed by atoms with Gasteiger partial charge in [0.15, 0.2) is 5.69 Å². The summed E-state index contributed by atoms with van der Waals surface area (Å²) in [6.07, 6.45) is 2.26. The summed E-state index contributed by atoms with van der Waals surface area (Å²) in [5, 5.41) is 9.01. The number of carbonyl (C=O) groups is 1. The predicted molar refractivity (Wildman–Crippen MR) is 91.6 cm³/mol. The van der Waals surface area contributed by atoms with Crippen LogP contribution in [0.2, 0.25) is 5.02 Å². The molecule has 1 aromatic heterocycles. The number of methoxy groups -OCH3 is 1. The van der Waals surface area contributed by atoms with E-state index < -0.39 is 0 Å². The lowest BCUT2D eigenvalue weighted by Crippen LogP contribution is -2.07. The fourth-order valence-corrected chi connectivity index (χ4v) is 2.41. The number of rotatable bonds is 6. The standard InChI is InChI=1S/C18H16ClN3O2/c1-24-16-8-2-13(3-9-16)10-11-22-20-12-17(21-22)18(23)14-4-6-15(19)7-5-14/h2-9,12H,10-11H2,1H3. The van der Waals surface area contributed by atoms with Crippen LogP contribution in [0.1, 0.15) is 21.6 Å². The van der Waals surface area contributed by atoms with Gasteiger partial charge in [-0.2, -0.15) is 9.90 Å². The van der Waals surface area contributed by atoms with Gasteiger partial charge in [-0.3, -0.25) is 4.79 Å². The van der Waals surface area contributed by atoms with Gasteiger partial charge < -0.3 is 4.74 Å². The molecular formula is C18H16ClN3O2. The first-order valence-electron chi connectivity index (χ1n) is 7.49. The van der Waals surface area contributed by atoms with Crippen LogP contribution in [0.15, 0.2) is 54.7 Å². The van der Waals surface area contributed by atoms with Crippen molar-refractivity contribution in [3.05, 3.63) is 76.6 Å². The van der Waals surface area contributed by atoms with Crippen molar-refractivity contribution in [1.82, 2.24) is 15.0 Å². The van der Waals surface area contributed by atoms with Gasteiger partial charge in [-0.05, 0) is 48.4 Å². The summed E-state index contributed by atoms with van der Waals surface area (Å²) in [5.41, 5.74) is 2.02. The van der Waals surface area contributed by atoms with Crippen LogP contribution in [-0.4, -0.2) is 27.9 Å². The molecule has 3 aromatic rings. The number of hydrogen-bond donors (Lipinski definition) is 0. The van der Waals surface area contributed by atoms with E-state index in [0.29, 0.717) is 22.8 Å². The molecule has 0 aliphatic carbocycles. The predicted octanol–water partition coefficient (Wildman–Crippen LogP) is 3.41. The molecule has 3 rings (SSSR count). The summed E-state index contributed by atoms with van der Waals surface area (Å²) in [6.45, 7) is 0.597. The van der Waals surface area contributed by atoms with Crippen LogP contribution in [0, 0.1) is 0 Å². The van der Waals surface area contributed by atoms with Crippen LogP contribution < -0.4 is 4.74 Å². The number of aromatic nitrogens is 3. The van der Waals surface area contributed by atoms with Crippen molar-refractivity contribution in [1.29, 1.82) is 0 Å². The topological polar surface area (TPSA) is 57.0 Å². The third kappa shape index (κ3) is 3.81. The van der Waals surface area contributed by atoms with Crippen molar-refractivity contribution in [2.45, 2.75) is 13.0 Å². The molecule has 2 aromatic carbocycles. The Balaban J connectivity index is 1.64. The van der Waals surface area contributed by atoms with E-state index >= 15 is 0 Å². The average molecular weight is 342 g/mol. The van der Waals surface area contributed by atoms with Gasteiger partial charge in [0, 0.05) is 10.6 Å². The maximum atomic E-state index is 12.3. The molecule has 0 spiro atoms. The van der Waals surface area contributed by atoms with Gasteiger partial charge in [-0.1, -0.05) is 23.7 Å². The molecule has 0 aliphatic rings. The highest BCUT2D eigenvalue weighted by Crippen LogP contribution is 2.13. The Morgan fingerprint density at radius 3 is 2.50 bits per heavy atom. The lowest BCUT2D eigenvalue weighted by molar-refractivity contribution is 0.103. The fourth-order valence-electron chi connectivity index (χ4n) is 2.28. The fraction of sp³-hybridized carbons (Fsp3) is 0.167. The van der Waals surface area contributed by atoms with E-state index in [4.69, 9.17) is 16.3 Å². The molecule has 0 saturated carbocycles. The lowest BCUT2D eigenvalue weighted by Gasteiger charge is -2.03. The molecule has 0 fully saturated rings. The molecular weight excluding hydrogens is 326 g/mol. The number of ether oxygens (including phenoxy) is 1. The van der Waals surface area contributed by atoms with E-state index in [0.717, 1.165) is 17.7 Å². The quantitative estimate of drug-likeness (QED) is 0.645. The minimum atomic E-state index is -0.164. The van der Waals surface area contributed by atoms with E-state index in [1.165, 1.54) is 11.0 Å². The number of ketones is 1. The zero-order valence-electron chi connectivity index (χ0n) is 13.1. The van der Waals surface area contributed by atoms with Gasteiger partial charge in [0.2, 0.25) is 5.78 Å². The second-order valence-corrected chi connectivity index (χ2v) is 5.70. The van der Waals surface area contributed by atoms with E-state index in [2.05, 4.69) is 10.2 Å². The molecule has 0 unspecified atom stereocenters. The second-order valence-electron chi connectivity index (χ2n) is 5.26. The van der Waals surface area contributed by atoms with Crippen LogP contribution in [0.25, 0.3) is 0 Å². The van der Waals surface area contributed by atoms with Crippen LogP contribution in [0.4, 0.5) is 0 Å². The molecule has 122 valence electrons. The number of nitrogens with zero attached hydrogens (tertiary/aromatic N) is 3. The van der Waals surface area contributed by atoms with Crippen molar-refractivity contribution in [3.8, 4) is 5.75 Å². The number of carbonyl (C=O) groups excluding carboxylic acids is 1. The summed E-state index contributed by atoms with van der Waals surface area (Å²) in [6, 6.07) is 14.6. The zero-order chi connectivity index (χ0) is 16.9. The molecule has 0 aliphatic heterocycles. The highest BCUT2D eigenvalue weighted by atomic mass is 35.5. The Morgan fingerprint density at radius 1 is 1.12 bits per heavy atom. The molecule has 1 heterocycles. The molecule has 0 radical (unpaired) electrons. The maximum absolute atomic E-state index is 12.3. The number of benzene rings is 2. The highest BCUT2D eigenvalue weighted by molar-refractivity contribution is 6.30. The molecule has 0 bridgehead atoms. The van der Waals surface area contributed by atoms with E-state index in [9.17, 15) is 4.79 Å². The third-order valence-electron chi connectivity index (χ3n) is 3.64. The van der Waals surface area contributed by atoms with E-state index in [-0.39, 0.29) is 5.78 Å². The Bertz CT molecular complexity index is 826. The average Bonchev–Trinajstić information content (AvgIpc) is 3.09. The zero-order valence-corrected chi connectivity index (χ0v) is 13.9. The Morgan fingerprint density at radius 2 is 1.83 bits per heavy atom. The SMILES string of the molecule is COc1ccc(CCn2ncc(C(=O)c3ccc(Cl)cc3)n2)cc1. The smallest absolute Gasteiger partial charge is 0.214 e.